The molecule has 7 nitrogen and oxygen atoms in total. The number of rotatable bonds is 11. The van der Waals surface area contributed by atoms with Crippen LogP contribution in [0.25, 0.3) is 0 Å². The topological polar surface area (TPSA) is 77.1 Å². The highest BCUT2D eigenvalue weighted by Crippen LogP contribution is 2.27. The summed E-state index contributed by atoms with van der Waals surface area (Å²) in [6.07, 6.45) is 0.369. The van der Waals surface area contributed by atoms with Crippen molar-refractivity contribution in [2.45, 2.75) is 45.3 Å². The second kappa shape index (κ2) is 12.8. The molecule has 196 valence electrons. The molecule has 0 radical (unpaired) electrons. The zero-order valence-electron chi connectivity index (χ0n) is 22.2. The minimum Gasteiger partial charge on any atom is -0.496 e. The minimum atomic E-state index is -0.738. The van der Waals surface area contributed by atoms with Crippen LogP contribution in [0.3, 0.4) is 0 Å². The van der Waals surface area contributed by atoms with Crippen LogP contribution in [0, 0.1) is 0 Å². The van der Waals surface area contributed by atoms with E-state index in [2.05, 4.69) is 5.32 Å². The fourth-order valence-electron chi connectivity index (χ4n) is 3.88. The van der Waals surface area contributed by atoms with Crippen molar-refractivity contribution >= 4 is 11.8 Å². The third-order valence-corrected chi connectivity index (χ3v) is 5.65. The number of benzene rings is 3. The van der Waals surface area contributed by atoms with E-state index in [4.69, 9.17) is 14.2 Å². The van der Waals surface area contributed by atoms with E-state index < -0.39 is 11.6 Å². The third-order valence-electron chi connectivity index (χ3n) is 5.65. The van der Waals surface area contributed by atoms with Crippen LogP contribution < -0.4 is 19.5 Å². The highest BCUT2D eigenvalue weighted by Gasteiger charge is 2.32. The van der Waals surface area contributed by atoms with E-state index in [0.717, 1.165) is 11.1 Å². The fourth-order valence-corrected chi connectivity index (χ4v) is 3.88. The average Bonchev–Trinajstić information content (AvgIpc) is 2.89. The Hall–Kier alpha value is -4.00. The highest BCUT2D eigenvalue weighted by molar-refractivity contribution is 5.89. The average molecular weight is 505 g/mol. The van der Waals surface area contributed by atoms with E-state index in [1.165, 1.54) is 0 Å². The lowest BCUT2D eigenvalue weighted by molar-refractivity contribution is -0.143. The Labute approximate surface area is 219 Å². The van der Waals surface area contributed by atoms with E-state index in [9.17, 15) is 9.59 Å². The zero-order chi connectivity index (χ0) is 26.8. The van der Waals surface area contributed by atoms with Crippen molar-refractivity contribution in [3.8, 4) is 17.2 Å². The summed E-state index contributed by atoms with van der Waals surface area (Å²) >= 11 is 0. The van der Waals surface area contributed by atoms with Gasteiger partial charge in [0.2, 0.25) is 5.91 Å². The summed E-state index contributed by atoms with van der Waals surface area (Å²) in [5, 5.41) is 3.06. The molecule has 7 heteroatoms. The Balaban J connectivity index is 1.92. The van der Waals surface area contributed by atoms with Crippen molar-refractivity contribution in [3.05, 3.63) is 90.0 Å². The van der Waals surface area contributed by atoms with Gasteiger partial charge in [0.1, 0.15) is 23.3 Å². The number of carbonyl (C=O) groups is 2. The molecule has 3 rings (SSSR count). The van der Waals surface area contributed by atoms with Crippen LogP contribution in [0.5, 0.6) is 17.2 Å². The van der Waals surface area contributed by atoms with E-state index in [1.54, 1.807) is 37.3 Å². The number of nitrogens with one attached hydrogen (secondary N) is 1. The SMILES string of the molecule is COc1cc(OC)cc(OCC(=O)N(Cc2ccccc2)[C@@H](Cc2ccccc2)C(=O)NC(C)(C)C)c1. The van der Waals surface area contributed by atoms with Crippen LogP contribution in [0.1, 0.15) is 31.9 Å². The lowest BCUT2D eigenvalue weighted by Gasteiger charge is -2.33. The Morgan fingerprint density at radius 2 is 1.32 bits per heavy atom. The maximum absolute atomic E-state index is 13.7. The molecule has 0 bridgehead atoms. The fraction of sp³-hybridized carbons (Fsp3) is 0.333. The summed E-state index contributed by atoms with van der Waals surface area (Å²) in [7, 11) is 3.10. The van der Waals surface area contributed by atoms with Gasteiger partial charge in [0.15, 0.2) is 6.61 Å². The van der Waals surface area contributed by atoms with Crippen LogP contribution in [0.2, 0.25) is 0 Å². The molecule has 2 amide bonds. The minimum absolute atomic E-state index is 0.219. The number of hydrogen-bond acceptors (Lipinski definition) is 5. The van der Waals surface area contributed by atoms with Gasteiger partial charge in [-0.1, -0.05) is 60.7 Å². The van der Waals surface area contributed by atoms with E-state index in [1.807, 2.05) is 81.4 Å². The van der Waals surface area contributed by atoms with Crippen LogP contribution in [0.4, 0.5) is 0 Å². The normalized spacial score (nSPS) is 11.8. The predicted octanol–water partition coefficient (Wildman–Crippen LogP) is 4.64. The molecular weight excluding hydrogens is 468 g/mol. The van der Waals surface area contributed by atoms with Crippen molar-refractivity contribution in [3.63, 3.8) is 0 Å². The summed E-state index contributed by atoms with van der Waals surface area (Å²) in [5.74, 6) is 1.01. The third kappa shape index (κ3) is 8.56. The van der Waals surface area contributed by atoms with Gasteiger partial charge in [-0.15, -0.1) is 0 Å². The van der Waals surface area contributed by atoms with Gasteiger partial charge in [-0.2, -0.15) is 0 Å². The lowest BCUT2D eigenvalue weighted by Crippen LogP contribution is -2.55. The Bertz CT molecular complexity index is 1140. The lowest BCUT2D eigenvalue weighted by atomic mass is 10.0. The standard InChI is InChI=1S/C30H36N2O5/c1-30(2,3)31-29(34)27(16-22-12-8-6-9-13-22)32(20-23-14-10-7-11-15-23)28(33)21-37-26-18-24(35-4)17-25(19-26)36-5/h6-15,17-19,27H,16,20-21H2,1-5H3,(H,31,34)/t27-/m0/s1. The summed E-state index contributed by atoms with van der Waals surface area (Å²) in [4.78, 5) is 28.8. The van der Waals surface area contributed by atoms with Crippen molar-refractivity contribution < 1.29 is 23.8 Å². The van der Waals surface area contributed by atoms with Gasteiger partial charge in [-0.05, 0) is 31.9 Å². The maximum Gasteiger partial charge on any atom is 0.261 e. The molecule has 0 unspecified atom stereocenters. The first-order valence-electron chi connectivity index (χ1n) is 12.2. The molecule has 0 saturated carbocycles. The smallest absolute Gasteiger partial charge is 0.261 e. The van der Waals surface area contributed by atoms with Crippen LogP contribution in [-0.2, 0) is 22.6 Å². The molecule has 1 atom stereocenters. The number of ether oxygens (including phenoxy) is 3. The van der Waals surface area contributed by atoms with Crippen molar-refractivity contribution in [2.24, 2.45) is 0 Å². The molecule has 0 aliphatic rings. The van der Waals surface area contributed by atoms with Crippen molar-refractivity contribution in [2.75, 3.05) is 20.8 Å². The molecule has 0 spiro atoms. The number of carbonyl (C=O) groups excluding carboxylic acids is 2. The van der Waals surface area contributed by atoms with E-state index >= 15 is 0 Å². The number of amides is 2. The second-order valence-corrected chi connectivity index (χ2v) is 9.79. The van der Waals surface area contributed by atoms with E-state index in [-0.39, 0.29) is 25.0 Å². The quantitative estimate of drug-likeness (QED) is 0.412. The monoisotopic (exact) mass is 504 g/mol. The van der Waals surface area contributed by atoms with Crippen LogP contribution in [-0.4, -0.2) is 49.1 Å². The summed E-state index contributed by atoms with van der Waals surface area (Å²) in [6.45, 7) is 5.78. The van der Waals surface area contributed by atoms with Crippen LogP contribution in [0.15, 0.2) is 78.9 Å². The van der Waals surface area contributed by atoms with Gasteiger partial charge in [0, 0.05) is 36.7 Å². The van der Waals surface area contributed by atoms with Crippen molar-refractivity contribution in [1.82, 2.24) is 10.2 Å². The molecule has 37 heavy (non-hydrogen) atoms. The summed E-state index contributed by atoms with van der Waals surface area (Å²) < 4.78 is 16.5. The first kappa shape index (κ1) is 27.6. The predicted molar refractivity (Wildman–Crippen MR) is 144 cm³/mol. The Morgan fingerprint density at radius 3 is 1.84 bits per heavy atom. The van der Waals surface area contributed by atoms with Gasteiger partial charge >= 0.3 is 0 Å². The Morgan fingerprint density at radius 1 is 0.811 bits per heavy atom. The first-order valence-corrected chi connectivity index (χ1v) is 12.2. The molecule has 0 aliphatic carbocycles. The summed E-state index contributed by atoms with van der Waals surface area (Å²) in [5.41, 5.74) is 1.42. The second-order valence-electron chi connectivity index (χ2n) is 9.79. The van der Waals surface area contributed by atoms with Gasteiger partial charge < -0.3 is 24.4 Å². The molecule has 0 aromatic heterocycles. The zero-order valence-corrected chi connectivity index (χ0v) is 22.2. The molecule has 0 heterocycles. The van der Waals surface area contributed by atoms with Gasteiger partial charge in [-0.25, -0.2) is 0 Å². The number of nitrogens with zero attached hydrogens (tertiary/aromatic N) is 1. The summed E-state index contributed by atoms with van der Waals surface area (Å²) in [6, 6.07) is 23.7. The highest BCUT2D eigenvalue weighted by atomic mass is 16.5. The maximum atomic E-state index is 13.7. The van der Waals surface area contributed by atoms with Gasteiger partial charge in [0.05, 0.1) is 14.2 Å². The molecular formula is C30H36N2O5. The first-order chi connectivity index (χ1) is 17.7. The van der Waals surface area contributed by atoms with Gasteiger partial charge in [-0.3, -0.25) is 9.59 Å². The van der Waals surface area contributed by atoms with Crippen molar-refractivity contribution in [1.29, 1.82) is 0 Å². The molecule has 3 aromatic rings. The van der Waals surface area contributed by atoms with E-state index in [0.29, 0.717) is 23.7 Å². The number of hydrogen-bond donors (Lipinski definition) is 1. The van der Waals surface area contributed by atoms with Crippen LogP contribution >= 0.6 is 0 Å². The molecule has 0 saturated heterocycles. The Kier molecular flexibility index (Phi) is 9.55. The molecule has 0 fully saturated rings. The van der Waals surface area contributed by atoms with Gasteiger partial charge in [0.25, 0.3) is 5.91 Å². The largest absolute Gasteiger partial charge is 0.496 e. The molecule has 1 N–H and O–H groups in total. The number of methoxy groups -OCH3 is 2. The molecule has 3 aromatic carbocycles. The molecule has 0 aliphatic heterocycles.